The average molecular weight is 386 g/mol. The van der Waals surface area contributed by atoms with Crippen LogP contribution in [0.4, 0.5) is 0 Å². The number of carboxylic acids is 1. The first kappa shape index (κ1) is 20.0. The van der Waals surface area contributed by atoms with Crippen LogP contribution in [-0.4, -0.2) is 46.3 Å². The average Bonchev–Trinajstić information content (AvgIpc) is 2.92. The molecular weight excluding hydrogens is 360 g/mol. The minimum Gasteiger partial charge on any atom is -0.481 e. The molecule has 1 atom stereocenters. The third-order valence-corrected chi connectivity index (χ3v) is 5.59. The molecular formula is C21H26N2O5. The molecule has 1 aromatic rings. The van der Waals surface area contributed by atoms with Gasteiger partial charge < -0.3 is 10.4 Å². The molecule has 1 aliphatic heterocycles. The summed E-state index contributed by atoms with van der Waals surface area (Å²) in [6.45, 7) is -0.347. The molecule has 1 aliphatic carbocycles. The van der Waals surface area contributed by atoms with Gasteiger partial charge in [-0.2, -0.15) is 0 Å². The van der Waals surface area contributed by atoms with Gasteiger partial charge in [-0.05, 0) is 30.9 Å². The normalized spacial score (nSPS) is 18.1. The van der Waals surface area contributed by atoms with Crippen LogP contribution >= 0.6 is 0 Å². The Morgan fingerprint density at radius 2 is 1.68 bits per heavy atom. The zero-order chi connectivity index (χ0) is 20.1. The van der Waals surface area contributed by atoms with Crippen molar-refractivity contribution in [2.75, 3.05) is 6.54 Å². The highest BCUT2D eigenvalue weighted by Gasteiger charge is 2.36. The second-order valence-electron chi connectivity index (χ2n) is 7.68. The molecule has 150 valence electrons. The van der Waals surface area contributed by atoms with Crippen molar-refractivity contribution in [1.82, 2.24) is 10.2 Å². The molecule has 2 N–H and O–H groups in total. The Bertz CT molecular complexity index is 735. The standard InChI is InChI=1S/C21H26N2O5/c24-18(13-23-20(27)16-8-4-5-9-17(16)21(23)28)22-15(10-11-19(25)26)12-14-6-2-1-3-7-14/h4-5,8-9,14-15H,1-3,6-7,10-13H2,(H,22,24)(H,25,26). The molecule has 1 heterocycles. The second kappa shape index (κ2) is 8.99. The van der Waals surface area contributed by atoms with Crippen molar-refractivity contribution >= 4 is 23.7 Å². The van der Waals surface area contributed by atoms with Crippen molar-refractivity contribution in [3.8, 4) is 0 Å². The summed E-state index contributed by atoms with van der Waals surface area (Å²) in [6.07, 6.45) is 6.81. The lowest BCUT2D eigenvalue weighted by Gasteiger charge is -2.27. The molecule has 0 aromatic heterocycles. The monoisotopic (exact) mass is 386 g/mol. The number of aliphatic carboxylic acids is 1. The van der Waals surface area contributed by atoms with E-state index < -0.39 is 23.7 Å². The lowest BCUT2D eigenvalue weighted by molar-refractivity contribution is -0.137. The number of benzene rings is 1. The summed E-state index contributed by atoms with van der Waals surface area (Å²) in [6, 6.07) is 6.25. The van der Waals surface area contributed by atoms with Gasteiger partial charge in [-0.25, -0.2) is 0 Å². The number of hydrogen-bond donors (Lipinski definition) is 2. The summed E-state index contributed by atoms with van der Waals surface area (Å²) in [5, 5.41) is 11.9. The summed E-state index contributed by atoms with van der Waals surface area (Å²) in [4.78, 5) is 49.3. The van der Waals surface area contributed by atoms with E-state index in [2.05, 4.69) is 5.32 Å². The number of carbonyl (C=O) groups is 4. The molecule has 0 saturated heterocycles. The van der Waals surface area contributed by atoms with Gasteiger partial charge in [-0.1, -0.05) is 44.2 Å². The Morgan fingerprint density at radius 1 is 1.07 bits per heavy atom. The van der Waals surface area contributed by atoms with Gasteiger partial charge in [-0.3, -0.25) is 24.1 Å². The highest BCUT2D eigenvalue weighted by Crippen LogP contribution is 2.28. The van der Waals surface area contributed by atoms with Gasteiger partial charge in [0.05, 0.1) is 11.1 Å². The third-order valence-electron chi connectivity index (χ3n) is 5.59. The first-order chi connectivity index (χ1) is 13.5. The zero-order valence-corrected chi connectivity index (χ0v) is 15.9. The molecule has 3 amide bonds. The van der Waals surface area contributed by atoms with Crippen LogP contribution in [0.25, 0.3) is 0 Å². The van der Waals surface area contributed by atoms with Crippen LogP contribution in [0, 0.1) is 5.92 Å². The number of carbonyl (C=O) groups excluding carboxylic acids is 3. The van der Waals surface area contributed by atoms with Crippen LogP contribution in [0.1, 0.15) is 72.1 Å². The Morgan fingerprint density at radius 3 is 2.25 bits per heavy atom. The number of rotatable bonds is 8. The predicted octanol–water partition coefficient (Wildman–Crippen LogP) is 2.60. The Balaban J connectivity index is 1.60. The minimum absolute atomic E-state index is 0.0231. The first-order valence-corrected chi connectivity index (χ1v) is 9.92. The van der Waals surface area contributed by atoms with E-state index in [-0.39, 0.29) is 19.0 Å². The largest absolute Gasteiger partial charge is 0.481 e. The van der Waals surface area contributed by atoms with Crippen LogP contribution in [0.2, 0.25) is 0 Å². The van der Waals surface area contributed by atoms with E-state index in [0.29, 0.717) is 23.5 Å². The van der Waals surface area contributed by atoms with Gasteiger partial charge in [-0.15, -0.1) is 0 Å². The number of amides is 3. The maximum Gasteiger partial charge on any atom is 0.303 e. The zero-order valence-electron chi connectivity index (χ0n) is 15.9. The van der Waals surface area contributed by atoms with E-state index in [4.69, 9.17) is 5.11 Å². The molecule has 1 aromatic carbocycles. The van der Waals surface area contributed by atoms with Crippen LogP contribution in [0.3, 0.4) is 0 Å². The molecule has 1 saturated carbocycles. The smallest absolute Gasteiger partial charge is 0.303 e. The Kier molecular flexibility index (Phi) is 6.44. The van der Waals surface area contributed by atoms with Gasteiger partial charge in [0.25, 0.3) is 11.8 Å². The first-order valence-electron chi connectivity index (χ1n) is 9.92. The summed E-state index contributed by atoms with van der Waals surface area (Å²) in [7, 11) is 0. The fourth-order valence-corrected chi connectivity index (χ4v) is 4.17. The number of carboxylic acid groups (broad SMARTS) is 1. The predicted molar refractivity (Wildman–Crippen MR) is 102 cm³/mol. The molecule has 1 unspecified atom stereocenters. The van der Waals surface area contributed by atoms with Crippen molar-refractivity contribution in [3.05, 3.63) is 35.4 Å². The number of nitrogens with one attached hydrogen (secondary N) is 1. The van der Waals surface area contributed by atoms with E-state index in [0.717, 1.165) is 24.2 Å². The van der Waals surface area contributed by atoms with E-state index >= 15 is 0 Å². The summed E-state index contributed by atoms with van der Waals surface area (Å²) in [5.41, 5.74) is 0.620. The molecule has 1 fully saturated rings. The number of fused-ring (bicyclic) bond motifs is 1. The van der Waals surface area contributed by atoms with Crippen LogP contribution in [0.15, 0.2) is 24.3 Å². The van der Waals surface area contributed by atoms with Crippen LogP contribution in [0.5, 0.6) is 0 Å². The van der Waals surface area contributed by atoms with Crippen molar-refractivity contribution < 1.29 is 24.3 Å². The number of imide groups is 1. The van der Waals surface area contributed by atoms with Gasteiger partial charge in [0.15, 0.2) is 0 Å². The molecule has 0 bridgehead atoms. The van der Waals surface area contributed by atoms with Gasteiger partial charge in [0.2, 0.25) is 5.91 Å². The van der Waals surface area contributed by atoms with Gasteiger partial charge in [0.1, 0.15) is 6.54 Å². The van der Waals surface area contributed by atoms with Crippen LogP contribution in [-0.2, 0) is 9.59 Å². The maximum absolute atomic E-state index is 12.5. The fourth-order valence-electron chi connectivity index (χ4n) is 4.17. The molecule has 3 rings (SSSR count). The van der Waals surface area contributed by atoms with E-state index in [1.807, 2.05) is 0 Å². The third kappa shape index (κ3) is 4.77. The summed E-state index contributed by atoms with van der Waals surface area (Å²) < 4.78 is 0. The molecule has 2 aliphatic rings. The van der Waals surface area contributed by atoms with Crippen molar-refractivity contribution in [2.45, 2.75) is 57.4 Å². The van der Waals surface area contributed by atoms with E-state index in [1.165, 1.54) is 19.3 Å². The molecule has 28 heavy (non-hydrogen) atoms. The van der Waals surface area contributed by atoms with E-state index in [1.54, 1.807) is 24.3 Å². The van der Waals surface area contributed by atoms with E-state index in [9.17, 15) is 19.2 Å². The fraction of sp³-hybridized carbons (Fsp3) is 0.524. The Hall–Kier alpha value is -2.70. The SMILES string of the molecule is O=C(O)CCC(CC1CCCCC1)NC(=O)CN1C(=O)c2ccccc2C1=O. The second-order valence-corrected chi connectivity index (χ2v) is 7.68. The maximum atomic E-state index is 12.5. The summed E-state index contributed by atoms with van der Waals surface area (Å²) in [5.74, 6) is -1.79. The highest BCUT2D eigenvalue weighted by molar-refractivity contribution is 6.22. The molecule has 0 spiro atoms. The summed E-state index contributed by atoms with van der Waals surface area (Å²) >= 11 is 0. The molecule has 0 radical (unpaired) electrons. The number of nitrogens with zero attached hydrogens (tertiary/aromatic N) is 1. The molecule has 7 nitrogen and oxygen atoms in total. The quantitative estimate of drug-likeness (QED) is 0.669. The van der Waals surface area contributed by atoms with Crippen molar-refractivity contribution in [1.29, 1.82) is 0 Å². The Labute approximate surface area is 164 Å². The lowest BCUT2D eigenvalue weighted by Crippen LogP contribution is -2.44. The van der Waals surface area contributed by atoms with Gasteiger partial charge >= 0.3 is 5.97 Å². The van der Waals surface area contributed by atoms with Crippen molar-refractivity contribution in [2.24, 2.45) is 5.92 Å². The highest BCUT2D eigenvalue weighted by atomic mass is 16.4. The topological polar surface area (TPSA) is 104 Å². The lowest BCUT2D eigenvalue weighted by atomic mass is 9.84. The number of hydrogen-bond acceptors (Lipinski definition) is 4. The molecule has 7 heteroatoms. The van der Waals surface area contributed by atoms with Gasteiger partial charge in [0, 0.05) is 12.5 Å². The minimum atomic E-state index is -0.900. The van der Waals surface area contributed by atoms with Crippen LogP contribution < -0.4 is 5.32 Å². The van der Waals surface area contributed by atoms with Crippen molar-refractivity contribution in [3.63, 3.8) is 0 Å².